The van der Waals surface area contributed by atoms with E-state index in [4.69, 9.17) is 14.2 Å². The molecule has 1 amide bonds. The predicted molar refractivity (Wildman–Crippen MR) is 109 cm³/mol. The van der Waals surface area contributed by atoms with Crippen LogP contribution in [0.15, 0.2) is 42.6 Å². The Hall–Kier alpha value is -3.62. The third-order valence-corrected chi connectivity index (χ3v) is 4.99. The smallest absolute Gasteiger partial charge is 0.272 e. The molecule has 0 radical (unpaired) electrons. The highest BCUT2D eigenvalue weighted by Gasteiger charge is 2.27. The summed E-state index contributed by atoms with van der Waals surface area (Å²) in [5, 5.41) is 14.9. The predicted octanol–water partition coefficient (Wildman–Crippen LogP) is 2.57. The molecule has 1 unspecified atom stereocenters. The quantitative estimate of drug-likeness (QED) is 0.667. The molecule has 1 N–H and O–H groups in total. The highest BCUT2D eigenvalue weighted by atomic mass is 16.5. The summed E-state index contributed by atoms with van der Waals surface area (Å²) in [7, 11) is 3.19. The zero-order chi connectivity index (χ0) is 20.9. The highest BCUT2D eigenvalue weighted by molar-refractivity contribution is 5.93. The number of H-pyrrole nitrogens is 1. The number of piperidine rings is 1. The van der Waals surface area contributed by atoms with Gasteiger partial charge in [-0.1, -0.05) is 0 Å². The second kappa shape index (κ2) is 8.81. The Morgan fingerprint density at radius 3 is 2.87 bits per heavy atom. The number of methoxy groups -OCH3 is 2. The van der Waals surface area contributed by atoms with Crippen molar-refractivity contribution < 1.29 is 19.0 Å². The fourth-order valence-electron chi connectivity index (χ4n) is 3.49. The van der Waals surface area contributed by atoms with E-state index in [1.54, 1.807) is 43.5 Å². The van der Waals surface area contributed by atoms with E-state index in [1.807, 2.05) is 18.2 Å². The van der Waals surface area contributed by atoms with Gasteiger partial charge < -0.3 is 19.1 Å². The lowest BCUT2D eigenvalue weighted by Crippen LogP contribution is -2.44. The number of aromatic nitrogens is 4. The van der Waals surface area contributed by atoms with Crippen LogP contribution in [0.4, 0.5) is 0 Å². The average molecular weight is 409 g/mol. The summed E-state index contributed by atoms with van der Waals surface area (Å²) in [4.78, 5) is 14.8. The normalized spacial score (nSPS) is 16.2. The summed E-state index contributed by atoms with van der Waals surface area (Å²) in [6.45, 7) is 1.14. The molecule has 3 heterocycles. The number of carbonyl (C=O) groups excluding carboxylic acids is 1. The summed E-state index contributed by atoms with van der Waals surface area (Å²) >= 11 is 0. The maximum Gasteiger partial charge on any atom is 0.272 e. The van der Waals surface area contributed by atoms with Gasteiger partial charge in [0.2, 0.25) is 5.88 Å². The molecule has 1 aliphatic heterocycles. The molecule has 9 nitrogen and oxygen atoms in total. The molecule has 2 aromatic heterocycles. The van der Waals surface area contributed by atoms with Gasteiger partial charge in [0.1, 0.15) is 23.3 Å². The molecule has 1 aromatic carbocycles. The topological polar surface area (TPSA) is 102 Å². The van der Waals surface area contributed by atoms with Gasteiger partial charge in [-0.3, -0.25) is 9.89 Å². The number of rotatable bonds is 6. The summed E-state index contributed by atoms with van der Waals surface area (Å²) in [6, 6.07) is 10.7. The van der Waals surface area contributed by atoms with Gasteiger partial charge in [0.15, 0.2) is 0 Å². The van der Waals surface area contributed by atoms with Crippen molar-refractivity contribution in [1.82, 2.24) is 25.3 Å². The number of amides is 1. The van der Waals surface area contributed by atoms with E-state index in [0.717, 1.165) is 18.4 Å². The second-order valence-electron chi connectivity index (χ2n) is 6.93. The third-order valence-electron chi connectivity index (χ3n) is 4.99. The van der Waals surface area contributed by atoms with Crippen LogP contribution in [0.25, 0.3) is 11.3 Å². The van der Waals surface area contributed by atoms with E-state index in [9.17, 15) is 4.79 Å². The van der Waals surface area contributed by atoms with Crippen LogP contribution in [-0.2, 0) is 0 Å². The lowest BCUT2D eigenvalue weighted by Gasteiger charge is -2.32. The fourth-order valence-corrected chi connectivity index (χ4v) is 3.49. The number of carbonyl (C=O) groups is 1. The van der Waals surface area contributed by atoms with Crippen molar-refractivity contribution in [1.29, 1.82) is 0 Å². The van der Waals surface area contributed by atoms with E-state index >= 15 is 0 Å². The van der Waals surface area contributed by atoms with Crippen LogP contribution in [-0.4, -0.2) is 64.6 Å². The molecule has 0 bridgehead atoms. The molecule has 1 atom stereocenters. The highest BCUT2D eigenvalue weighted by Crippen LogP contribution is 2.32. The number of nitrogens with one attached hydrogen (secondary N) is 1. The van der Waals surface area contributed by atoms with E-state index in [1.165, 1.54) is 0 Å². The van der Waals surface area contributed by atoms with Crippen molar-refractivity contribution >= 4 is 5.91 Å². The SMILES string of the molecule is COc1ccc(OC)c(-c2cc(C(=O)N3CCCC(Oc4cccnn4)C3)[nH]n2)c1. The molecule has 3 aromatic rings. The molecule has 1 saturated heterocycles. The van der Waals surface area contributed by atoms with E-state index in [2.05, 4.69) is 20.4 Å². The monoisotopic (exact) mass is 409 g/mol. The summed E-state index contributed by atoms with van der Waals surface area (Å²) in [6.07, 6.45) is 3.17. The van der Waals surface area contributed by atoms with Crippen molar-refractivity contribution in [3.63, 3.8) is 0 Å². The Labute approximate surface area is 174 Å². The standard InChI is InChI=1S/C21H23N5O4/c1-28-14-7-8-19(29-2)16(11-14)17-12-18(24-23-17)21(27)26-10-4-5-15(13-26)30-20-6-3-9-22-25-20/h3,6-9,11-12,15H,4-5,10,13H2,1-2H3,(H,23,24). The first-order chi connectivity index (χ1) is 14.7. The maximum atomic E-state index is 13.0. The van der Waals surface area contributed by atoms with Crippen molar-refractivity contribution in [2.24, 2.45) is 0 Å². The van der Waals surface area contributed by atoms with Gasteiger partial charge >= 0.3 is 0 Å². The molecule has 1 aliphatic rings. The lowest BCUT2D eigenvalue weighted by molar-refractivity contribution is 0.0520. The van der Waals surface area contributed by atoms with Gasteiger partial charge in [-0.05, 0) is 43.2 Å². The number of benzene rings is 1. The molecule has 0 spiro atoms. The zero-order valence-corrected chi connectivity index (χ0v) is 16.9. The first-order valence-electron chi connectivity index (χ1n) is 9.69. The number of likely N-dealkylation sites (tertiary alicyclic amines) is 1. The molecule has 156 valence electrons. The van der Waals surface area contributed by atoms with Crippen molar-refractivity contribution in [2.45, 2.75) is 18.9 Å². The van der Waals surface area contributed by atoms with Gasteiger partial charge in [0.25, 0.3) is 5.91 Å². The minimum absolute atomic E-state index is 0.122. The zero-order valence-electron chi connectivity index (χ0n) is 16.9. The van der Waals surface area contributed by atoms with E-state index in [-0.39, 0.29) is 12.0 Å². The van der Waals surface area contributed by atoms with Gasteiger partial charge in [-0.2, -0.15) is 10.2 Å². The summed E-state index contributed by atoms with van der Waals surface area (Å²) in [5.74, 6) is 1.67. The van der Waals surface area contributed by atoms with Crippen molar-refractivity contribution in [3.8, 4) is 28.6 Å². The van der Waals surface area contributed by atoms with Crippen LogP contribution in [0.3, 0.4) is 0 Å². The Kier molecular flexibility index (Phi) is 5.78. The van der Waals surface area contributed by atoms with Crippen LogP contribution in [0.1, 0.15) is 23.3 Å². The summed E-state index contributed by atoms with van der Waals surface area (Å²) in [5.41, 5.74) is 1.77. The number of ether oxygens (including phenoxy) is 3. The molecule has 9 heteroatoms. The van der Waals surface area contributed by atoms with Crippen LogP contribution in [0.5, 0.6) is 17.4 Å². The first-order valence-corrected chi connectivity index (χ1v) is 9.69. The van der Waals surface area contributed by atoms with Gasteiger partial charge in [0, 0.05) is 24.4 Å². The lowest BCUT2D eigenvalue weighted by atomic mass is 10.1. The molecular weight excluding hydrogens is 386 g/mol. The number of hydrogen-bond donors (Lipinski definition) is 1. The Bertz CT molecular complexity index is 1010. The van der Waals surface area contributed by atoms with E-state index in [0.29, 0.717) is 41.9 Å². The van der Waals surface area contributed by atoms with Gasteiger partial charge in [-0.25, -0.2) is 0 Å². The molecule has 0 aliphatic carbocycles. The number of hydrogen-bond acceptors (Lipinski definition) is 7. The largest absolute Gasteiger partial charge is 0.497 e. The van der Waals surface area contributed by atoms with Crippen molar-refractivity contribution in [2.75, 3.05) is 27.3 Å². The van der Waals surface area contributed by atoms with Gasteiger partial charge in [0.05, 0.1) is 26.5 Å². The van der Waals surface area contributed by atoms with Crippen LogP contribution < -0.4 is 14.2 Å². The van der Waals surface area contributed by atoms with Gasteiger partial charge in [-0.15, -0.1) is 5.10 Å². The van der Waals surface area contributed by atoms with E-state index < -0.39 is 0 Å². The fraction of sp³-hybridized carbons (Fsp3) is 0.333. The van der Waals surface area contributed by atoms with Crippen molar-refractivity contribution in [3.05, 3.63) is 48.3 Å². The molecule has 0 saturated carbocycles. The van der Waals surface area contributed by atoms with Crippen LogP contribution >= 0.6 is 0 Å². The Morgan fingerprint density at radius 2 is 2.10 bits per heavy atom. The second-order valence-corrected chi connectivity index (χ2v) is 6.93. The molecule has 1 fully saturated rings. The minimum atomic E-state index is -0.125. The Morgan fingerprint density at radius 1 is 1.20 bits per heavy atom. The number of nitrogens with zero attached hydrogens (tertiary/aromatic N) is 4. The molecular formula is C21H23N5O4. The van der Waals surface area contributed by atoms with Crippen LogP contribution in [0, 0.1) is 0 Å². The average Bonchev–Trinajstić information content (AvgIpc) is 3.29. The maximum absolute atomic E-state index is 13.0. The first kappa shape index (κ1) is 19.7. The molecule has 4 rings (SSSR count). The minimum Gasteiger partial charge on any atom is -0.497 e. The number of aromatic amines is 1. The summed E-state index contributed by atoms with van der Waals surface area (Å²) < 4.78 is 16.6. The van der Waals surface area contributed by atoms with Crippen LogP contribution in [0.2, 0.25) is 0 Å². The third kappa shape index (κ3) is 4.19. The molecule has 30 heavy (non-hydrogen) atoms. The Balaban J connectivity index is 1.49.